The second-order valence-electron chi connectivity index (χ2n) is 4.62. The largest absolute Gasteiger partial charge is 0.437 e. The summed E-state index contributed by atoms with van der Waals surface area (Å²) in [5, 5.41) is 0. The molecular weight excluding hydrogens is 234 g/mol. The van der Waals surface area contributed by atoms with Crippen molar-refractivity contribution in [1.82, 2.24) is 4.98 Å². The van der Waals surface area contributed by atoms with Crippen molar-refractivity contribution in [2.75, 3.05) is 0 Å². The number of para-hydroxylation sites is 2. The highest BCUT2D eigenvalue weighted by atomic mass is 16.3. The third-order valence-electron chi connectivity index (χ3n) is 3.02. The second-order valence-corrected chi connectivity index (χ2v) is 4.62. The molecule has 94 valence electrons. The molecule has 1 aliphatic carbocycles. The minimum Gasteiger partial charge on any atom is -0.437 e. The van der Waals surface area contributed by atoms with Crippen LogP contribution in [0.2, 0.25) is 0 Å². The summed E-state index contributed by atoms with van der Waals surface area (Å²) in [6.45, 7) is 2.16. The first-order valence-corrected chi connectivity index (χ1v) is 6.41. The lowest BCUT2D eigenvalue weighted by atomic mass is 10.1. The number of oxazole rings is 1. The van der Waals surface area contributed by atoms with Gasteiger partial charge in [0.2, 0.25) is 5.89 Å². The number of hydrogen-bond donors (Lipinski definition) is 0. The van der Waals surface area contributed by atoms with Crippen molar-refractivity contribution in [3.05, 3.63) is 72.2 Å². The van der Waals surface area contributed by atoms with Crippen molar-refractivity contribution in [3.8, 4) is 0 Å². The van der Waals surface area contributed by atoms with Crippen LogP contribution in [0.5, 0.6) is 0 Å². The maximum absolute atomic E-state index is 5.64. The Morgan fingerprint density at radius 2 is 2.05 bits per heavy atom. The summed E-state index contributed by atoms with van der Waals surface area (Å²) >= 11 is 0. The molecule has 0 spiro atoms. The molecule has 0 saturated carbocycles. The highest BCUT2D eigenvalue weighted by Crippen LogP contribution is 2.17. The van der Waals surface area contributed by atoms with E-state index in [4.69, 9.17) is 4.42 Å². The van der Waals surface area contributed by atoms with Gasteiger partial charge in [0.05, 0.1) is 0 Å². The van der Waals surface area contributed by atoms with Crippen molar-refractivity contribution in [2.24, 2.45) is 5.92 Å². The van der Waals surface area contributed by atoms with Crippen LogP contribution in [0.15, 0.2) is 70.7 Å². The van der Waals surface area contributed by atoms with Gasteiger partial charge in [-0.05, 0) is 29.7 Å². The number of nitrogens with zero attached hydrogens (tertiary/aromatic N) is 1. The molecule has 2 heteroatoms. The van der Waals surface area contributed by atoms with Gasteiger partial charge in [-0.25, -0.2) is 4.98 Å². The van der Waals surface area contributed by atoms with Crippen molar-refractivity contribution < 1.29 is 4.42 Å². The molecule has 0 saturated heterocycles. The molecule has 0 fully saturated rings. The van der Waals surface area contributed by atoms with Gasteiger partial charge in [-0.15, -0.1) is 0 Å². The smallest absolute Gasteiger partial charge is 0.220 e. The van der Waals surface area contributed by atoms with E-state index in [2.05, 4.69) is 42.3 Å². The maximum Gasteiger partial charge on any atom is 0.220 e. The minimum absolute atomic E-state index is 0.478. The molecule has 0 amide bonds. The van der Waals surface area contributed by atoms with E-state index in [-0.39, 0.29) is 0 Å². The quantitative estimate of drug-likeness (QED) is 0.781. The summed E-state index contributed by atoms with van der Waals surface area (Å²) in [6, 6.07) is 7.78. The Balaban J connectivity index is 1.84. The van der Waals surface area contributed by atoms with Gasteiger partial charge in [-0.3, -0.25) is 0 Å². The van der Waals surface area contributed by atoms with E-state index in [1.807, 2.05) is 36.4 Å². The Morgan fingerprint density at radius 3 is 2.95 bits per heavy atom. The average Bonchev–Trinajstić information content (AvgIpc) is 2.72. The van der Waals surface area contributed by atoms with Gasteiger partial charge in [0.25, 0.3) is 0 Å². The zero-order valence-electron chi connectivity index (χ0n) is 10.8. The van der Waals surface area contributed by atoms with Gasteiger partial charge in [0.15, 0.2) is 5.58 Å². The topological polar surface area (TPSA) is 26.0 Å². The molecular formula is C17H15NO. The Bertz CT molecular complexity index is 668. The molecule has 0 radical (unpaired) electrons. The first kappa shape index (κ1) is 11.7. The molecule has 2 nitrogen and oxygen atoms in total. The van der Waals surface area contributed by atoms with Crippen LogP contribution in [0.3, 0.4) is 0 Å². The molecule has 0 aliphatic heterocycles. The molecule has 0 bridgehead atoms. The van der Waals surface area contributed by atoms with E-state index in [1.54, 1.807) is 0 Å². The van der Waals surface area contributed by atoms with Crippen LogP contribution in [0.1, 0.15) is 12.8 Å². The van der Waals surface area contributed by atoms with Gasteiger partial charge in [-0.1, -0.05) is 49.4 Å². The van der Waals surface area contributed by atoms with E-state index in [1.165, 1.54) is 0 Å². The van der Waals surface area contributed by atoms with Gasteiger partial charge in [0.1, 0.15) is 5.52 Å². The highest BCUT2D eigenvalue weighted by Gasteiger charge is 2.01. The molecule has 0 N–H and O–H groups in total. The maximum atomic E-state index is 5.64. The predicted molar refractivity (Wildman–Crippen MR) is 78.6 cm³/mol. The van der Waals surface area contributed by atoms with Crippen molar-refractivity contribution in [2.45, 2.75) is 6.92 Å². The fourth-order valence-corrected chi connectivity index (χ4v) is 1.96. The summed E-state index contributed by atoms with van der Waals surface area (Å²) in [4.78, 5) is 4.41. The molecule has 1 heterocycles. The number of aromatic nitrogens is 1. The van der Waals surface area contributed by atoms with Crippen LogP contribution in [0, 0.1) is 5.92 Å². The number of allylic oxidation sites excluding steroid dienone is 7. The summed E-state index contributed by atoms with van der Waals surface area (Å²) in [7, 11) is 0. The summed E-state index contributed by atoms with van der Waals surface area (Å²) in [5.74, 6) is 1.11. The predicted octanol–water partition coefficient (Wildman–Crippen LogP) is 4.53. The van der Waals surface area contributed by atoms with Gasteiger partial charge >= 0.3 is 0 Å². The third-order valence-corrected chi connectivity index (χ3v) is 3.02. The number of hydrogen-bond acceptors (Lipinski definition) is 2. The Labute approximate surface area is 112 Å². The Kier molecular flexibility index (Phi) is 3.15. The molecule has 1 aromatic heterocycles. The lowest BCUT2D eigenvalue weighted by molar-refractivity contribution is 0.589. The van der Waals surface area contributed by atoms with Gasteiger partial charge in [-0.2, -0.15) is 0 Å². The molecule has 1 aliphatic rings. The van der Waals surface area contributed by atoms with E-state index < -0.39 is 0 Å². The standard InChI is InChI=1S/C17H15NO/c1-13-5-4-6-14(10-9-13)11-12-17-18-15-7-2-3-8-16(15)19-17/h2-13H,1H3. The van der Waals surface area contributed by atoms with Crippen LogP contribution in [0.4, 0.5) is 0 Å². The van der Waals surface area contributed by atoms with Crippen molar-refractivity contribution in [3.63, 3.8) is 0 Å². The van der Waals surface area contributed by atoms with Crippen LogP contribution in [0.25, 0.3) is 17.2 Å². The first-order chi connectivity index (χ1) is 9.31. The highest BCUT2D eigenvalue weighted by molar-refractivity contribution is 5.73. The third kappa shape index (κ3) is 2.74. The van der Waals surface area contributed by atoms with Gasteiger partial charge in [0, 0.05) is 6.08 Å². The van der Waals surface area contributed by atoms with E-state index in [0.717, 1.165) is 16.7 Å². The fourth-order valence-electron chi connectivity index (χ4n) is 1.96. The van der Waals surface area contributed by atoms with E-state index >= 15 is 0 Å². The minimum atomic E-state index is 0.478. The van der Waals surface area contributed by atoms with Crippen molar-refractivity contribution in [1.29, 1.82) is 0 Å². The van der Waals surface area contributed by atoms with Crippen molar-refractivity contribution >= 4 is 17.2 Å². The summed E-state index contributed by atoms with van der Waals surface area (Å²) in [6.07, 6.45) is 14.5. The molecule has 1 atom stereocenters. The van der Waals surface area contributed by atoms with E-state index in [0.29, 0.717) is 11.8 Å². The number of rotatable bonds is 2. The lowest BCUT2D eigenvalue weighted by Gasteiger charge is -1.92. The van der Waals surface area contributed by atoms with Crippen LogP contribution in [-0.4, -0.2) is 4.98 Å². The number of benzene rings is 1. The summed E-state index contributed by atoms with van der Waals surface area (Å²) < 4.78 is 5.64. The number of fused-ring (bicyclic) bond motifs is 1. The van der Waals surface area contributed by atoms with E-state index in [9.17, 15) is 0 Å². The molecule has 2 aromatic rings. The molecule has 1 aromatic carbocycles. The van der Waals surface area contributed by atoms with Gasteiger partial charge < -0.3 is 4.42 Å². The lowest BCUT2D eigenvalue weighted by Crippen LogP contribution is -1.78. The fraction of sp³-hybridized carbons (Fsp3) is 0.118. The zero-order chi connectivity index (χ0) is 13.1. The monoisotopic (exact) mass is 249 g/mol. The van der Waals surface area contributed by atoms with Crippen LogP contribution < -0.4 is 0 Å². The van der Waals surface area contributed by atoms with Crippen LogP contribution >= 0.6 is 0 Å². The second kappa shape index (κ2) is 5.11. The average molecular weight is 249 g/mol. The zero-order valence-corrected chi connectivity index (χ0v) is 10.8. The van der Waals surface area contributed by atoms with Crippen LogP contribution in [-0.2, 0) is 0 Å². The Hall–Kier alpha value is -2.35. The molecule has 19 heavy (non-hydrogen) atoms. The molecule has 1 unspecified atom stereocenters. The summed E-state index contributed by atoms with van der Waals surface area (Å²) in [5.41, 5.74) is 2.85. The molecule has 3 rings (SSSR count). The SMILES string of the molecule is CC1C=CC=C(C=Cc2nc3ccccc3o2)C=C1. The Morgan fingerprint density at radius 1 is 1.16 bits per heavy atom. The first-order valence-electron chi connectivity index (χ1n) is 6.41. The normalized spacial score (nSPS) is 19.0.